The first-order chi connectivity index (χ1) is 12.7. The molecule has 0 saturated carbocycles. The van der Waals surface area contributed by atoms with Gasteiger partial charge in [-0.1, -0.05) is 60.2 Å². The smallest absolute Gasteiger partial charge is 0.207 e. The molecule has 1 amide bonds. The molecule has 0 spiro atoms. The summed E-state index contributed by atoms with van der Waals surface area (Å²) in [5.74, 6) is 0.871. The number of benzene rings is 3. The van der Waals surface area contributed by atoms with Crippen molar-refractivity contribution in [3.63, 3.8) is 0 Å². The van der Waals surface area contributed by atoms with Gasteiger partial charge in [-0.2, -0.15) is 0 Å². The number of carbonyl (C=O) groups is 1. The lowest BCUT2D eigenvalue weighted by atomic mass is 9.95. The number of aryl methyl sites for hydroxylation is 1. The van der Waals surface area contributed by atoms with Gasteiger partial charge in [0.15, 0.2) is 0 Å². The highest BCUT2D eigenvalue weighted by molar-refractivity contribution is 5.72. The van der Waals surface area contributed by atoms with Crippen LogP contribution in [0.15, 0.2) is 66.7 Å². The molecule has 3 heteroatoms. The number of hydrogen-bond acceptors (Lipinski definition) is 2. The van der Waals surface area contributed by atoms with Crippen LogP contribution in [0.1, 0.15) is 22.3 Å². The Labute approximate surface area is 154 Å². The van der Waals surface area contributed by atoms with E-state index in [1.54, 1.807) is 7.11 Å². The van der Waals surface area contributed by atoms with Crippen LogP contribution in [0.5, 0.6) is 5.75 Å². The molecule has 0 bridgehead atoms. The summed E-state index contributed by atoms with van der Waals surface area (Å²) >= 11 is 0. The van der Waals surface area contributed by atoms with Crippen molar-refractivity contribution in [3.8, 4) is 16.9 Å². The molecule has 0 heterocycles. The van der Waals surface area contributed by atoms with E-state index in [1.807, 2.05) is 18.2 Å². The molecule has 1 N–H and O–H groups in total. The van der Waals surface area contributed by atoms with Gasteiger partial charge in [-0.15, -0.1) is 0 Å². The van der Waals surface area contributed by atoms with E-state index in [4.69, 9.17) is 4.74 Å². The van der Waals surface area contributed by atoms with E-state index in [-0.39, 0.29) is 0 Å². The molecule has 0 aliphatic carbocycles. The molecular weight excluding hydrogens is 322 g/mol. The van der Waals surface area contributed by atoms with E-state index in [9.17, 15) is 4.79 Å². The van der Waals surface area contributed by atoms with Crippen LogP contribution < -0.4 is 10.1 Å². The summed E-state index contributed by atoms with van der Waals surface area (Å²) in [5.41, 5.74) is 7.02. The summed E-state index contributed by atoms with van der Waals surface area (Å²) in [6.07, 6.45) is 1.54. The summed E-state index contributed by atoms with van der Waals surface area (Å²) in [7, 11) is 1.70. The number of methoxy groups -OCH3 is 1. The van der Waals surface area contributed by atoms with Crippen LogP contribution in [-0.2, 0) is 17.8 Å². The van der Waals surface area contributed by atoms with E-state index < -0.39 is 0 Å². The Morgan fingerprint density at radius 3 is 2.50 bits per heavy atom. The molecule has 3 nitrogen and oxygen atoms in total. The molecule has 26 heavy (non-hydrogen) atoms. The average molecular weight is 345 g/mol. The van der Waals surface area contributed by atoms with Crippen molar-refractivity contribution in [2.45, 2.75) is 19.9 Å². The van der Waals surface area contributed by atoms with Gasteiger partial charge in [0.1, 0.15) is 5.75 Å². The highest BCUT2D eigenvalue weighted by Crippen LogP contribution is 2.32. The lowest BCUT2D eigenvalue weighted by Gasteiger charge is -2.13. The van der Waals surface area contributed by atoms with Crippen molar-refractivity contribution in [2.24, 2.45) is 0 Å². The van der Waals surface area contributed by atoms with Crippen LogP contribution in [-0.4, -0.2) is 13.5 Å². The molecule has 0 aliphatic rings. The summed E-state index contributed by atoms with van der Waals surface area (Å²) in [5, 5.41) is 2.75. The molecule has 3 aromatic carbocycles. The predicted octanol–water partition coefficient (Wildman–Crippen LogP) is 4.51. The predicted molar refractivity (Wildman–Crippen MR) is 105 cm³/mol. The molecule has 3 aromatic rings. The number of nitrogens with one attached hydrogen (secondary N) is 1. The minimum Gasteiger partial charge on any atom is -0.496 e. The number of carbonyl (C=O) groups excluding carboxylic acids is 1. The summed E-state index contributed by atoms with van der Waals surface area (Å²) in [4.78, 5) is 10.6. The molecule has 0 radical (unpaired) electrons. The lowest BCUT2D eigenvalue weighted by Crippen LogP contribution is -2.11. The molecule has 0 unspecified atom stereocenters. The highest BCUT2D eigenvalue weighted by Gasteiger charge is 2.09. The molecular formula is C23H23NO2. The molecule has 0 fully saturated rings. The third-order valence-electron chi connectivity index (χ3n) is 4.48. The number of rotatable bonds is 7. The second-order valence-corrected chi connectivity index (χ2v) is 6.35. The second-order valence-electron chi connectivity index (χ2n) is 6.35. The van der Waals surface area contributed by atoms with Crippen molar-refractivity contribution >= 4 is 6.41 Å². The van der Waals surface area contributed by atoms with Crippen molar-refractivity contribution in [3.05, 3.63) is 89.0 Å². The second kappa shape index (κ2) is 8.34. The van der Waals surface area contributed by atoms with Gasteiger partial charge in [0.25, 0.3) is 0 Å². The SMILES string of the molecule is COc1ccc(Cc2ccccc2CNC=O)cc1-c1cccc(C)c1. The van der Waals surface area contributed by atoms with Crippen LogP contribution in [0.25, 0.3) is 11.1 Å². The Morgan fingerprint density at radius 1 is 0.962 bits per heavy atom. The number of amides is 1. The van der Waals surface area contributed by atoms with Gasteiger partial charge >= 0.3 is 0 Å². The minimum atomic E-state index is 0.542. The summed E-state index contributed by atoms with van der Waals surface area (Å²) < 4.78 is 5.57. The average Bonchev–Trinajstić information content (AvgIpc) is 2.67. The molecule has 0 aliphatic heterocycles. The van der Waals surface area contributed by atoms with Crippen molar-refractivity contribution in [1.82, 2.24) is 5.32 Å². The maximum Gasteiger partial charge on any atom is 0.207 e. The van der Waals surface area contributed by atoms with Gasteiger partial charge < -0.3 is 10.1 Å². The van der Waals surface area contributed by atoms with Gasteiger partial charge in [-0.05, 0) is 47.7 Å². The zero-order valence-corrected chi connectivity index (χ0v) is 15.2. The minimum absolute atomic E-state index is 0.542. The van der Waals surface area contributed by atoms with E-state index in [0.29, 0.717) is 6.54 Å². The topological polar surface area (TPSA) is 38.3 Å². The third-order valence-corrected chi connectivity index (χ3v) is 4.48. The Kier molecular flexibility index (Phi) is 5.69. The first-order valence-electron chi connectivity index (χ1n) is 8.69. The molecule has 0 saturated heterocycles. The van der Waals surface area contributed by atoms with Gasteiger partial charge in [0.2, 0.25) is 6.41 Å². The molecule has 0 aromatic heterocycles. The van der Waals surface area contributed by atoms with Crippen molar-refractivity contribution in [2.75, 3.05) is 7.11 Å². The van der Waals surface area contributed by atoms with Crippen LogP contribution >= 0.6 is 0 Å². The van der Waals surface area contributed by atoms with Gasteiger partial charge in [0, 0.05) is 12.1 Å². The van der Waals surface area contributed by atoms with E-state index in [0.717, 1.165) is 35.3 Å². The highest BCUT2D eigenvalue weighted by atomic mass is 16.5. The standard InChI is InChI=1S/C23H23NO2/c1-17-6-5-9-20(12-17)22-14-18(10-11-23(22)26-2)13-19-7-3-4-8-21(19)15-24-16-25/h3-12,14,16H,13,15H2,1-2H3,(H,24,25). The fourth-order valence-electron chi connectivity index (χ4n) is 3.18. The van der Waals surface area contributed by atoms with Crippen LogP contribution in [0.3, 0.4) is 0 Å². The lowest BCUT2D eigenvalue weighted by molar-refractivity contribution is -0.109. The van der Waals surface area contributed by atoms with E-state index in [1.165, 1.54) is 16.7 Å². The molecule has 132 valence electrons. The fourth-order valence-corrected chi connectivity index (χ4v) is 3.18. The normalized spacial score (nSPS) is 10.4. The summed E-state index contributed by atoms with van der Waals surface area (Å²) in [6, 6.07) is 22.9. The van der Waals surface area contributed by atoms with Gasteiger partial charge in [-0.3, -0.25) is 4.79 Å². The Balaban J connectivity index is 1.95. The zero-order valence-electron chi connectivity index (χ0n) is 15.2. The molecule has 3 rings (SSSR count). The zero-order chi connectivity index (χ0) is 18.4. The number of ether oxygens (including phenoxy) is 1. The maximum absolute atomic E-state index is 10.6. The third kappa shape index (κ3) is 4.12. The van der Waals surface area contributed by atoms with Crippen LogP contribution in [0.2, 0.25) is 0 Å². The largest absolute Gasteiger partial charge is 0.496 e. The van der Waals surface area contributed by atoms with Crippen molar-refractivity contribution < 1.29 is 9.53 Å². The molecule has 0 atom stereocenters. The van der Waals surface area contributed by atoms with Crippen molar-refractivity contribution in [1.29, 1.82) is 0 Å². The van der Waals surface area contributed by atoms with E-state index in [2.05, 4.69) is 60.8 Å². The Morgan fingerprint density at radius 2 is 1.77 bits per heavy atom. The van der Waals surface area contributed by atoms with Gasteiger partial charge in [0.05, 0.1) is 7.11 Å². The quantitative estimate of drug-likeness (QED) is 0.640. The monoisotopic (exact) mass is 345 g/mol. The Hall–Kier alpha value is -3.07. The maximum atomic E-state index is 10.6. The van der Waals surface area contributed by atoms with Gasteiger partial charge in [-0.25, -0.2) is 0 Å². The van der Waals surface area contributed by atoms with E-state index >= 15 is 0 Å². The number of hydrogen-bond donors (Lipinski definition) is 1. The summed E-state index contributed by atoms with van der Waals surface area (Å²) in [6.45, 7) is 2.64. The van der Waals surface area contributed by atoms with Crippen LogP contribution in [0.4, 0.5) is 0 Å². The van der Waals surface area contributed by atoms with Crippen LogP contribution in [0, 0.1) is 6.92 Å². The first kappa shape index (κ1) is 17.7. The Bertz CT molecular complexity index is 902. The fraction of sp³-hybridized carbons (Fsp3) is 0.174. The first-order valence-corrected chi connectivity index (χ1v) is 8.69.